The van der Waals surface area contributed by atoms with E-state index >= 15 is 0 Å². The molecule has 3 nitrogen and oxygen atoms in total. The average Bonchev–Trinajstić information content (AvgIpc) is 2.11. The predicted octanol–water partition coefficient (Wildman–Crippen LogP) is 1.71. The second kappa shape index (κ2) is 2.44. The van der Waals surface area contributed by atoms with Gasteiger partial charge in [-0.25, -0.2) is 4.68 Å². The van der Waals surface area contributed by atoms with E-state index in [0.29, 0.717) is 0 Å². The van der Waals surface area contributed by atoms with E-state index in [1.807, 2.05) is 16.3 Å². The maximum Gasteiger partial charge on any atom is 0.197 e. The molecule has 0 atom stereocenters. The van der Waals surface area contributed by atoms with Gasteiger partial charge in [-0.05, 0) is 33.0 Å². The molecule has 0 fully saturated rings. The number of rotatable bonds is 0. The van der Waals surface area contributed by atoms with Crippen LogP contribution in [-0.2, 0) is 12.6 Å². The van der Waals surface area contributed by atoms with Gasteiger partial charge in [0, 0.05) is 7.05 Å². The molecule has 0 aromatic carbocycles. The van der Waals surface area contributed by atoms with E-state index in [2.05, 4.69) is 25.9 Å². The zero-order valence-corrected chi connectivity index (χ0v) is 8.14. The van der Waals surface area contributed by atoms with Crippen molar-refractivity contribution < 1.29 is 0 Å². The maximum atomic E-state index is 5.14. The van der Waals surface area contributed by atoms with Crippen LogP contribution in [0.3, 0.4) is 0 Å². The van der Waals surface area contributed by atoms with Gasteiger partial charge in [-0.15, -0.1) is 0 Å². The summed E-state index contributed by atoms with van der Waals surface area (Å²) in [6, 6.07) is 0. The van der Waals surface area contributed by atoms with Gasteiger partial charge in [0.05, 0.1) is 5.54 Å². The number of aryl methyl sites for hydroxylation is 1. The number of hydrogen-bond acceptors (Lipinski definition) is 2. The summed E-state index contributed by atoms with van der Waals surface area (Å²) in [5.74, 6) is 0. The Labute approximate surface area is 71.7 Å². The molecule has 1 aromatic rings. The zero-order chi connectivity index (χ0) is 8.65. The summed E-state index contributed by atoms with van der Waals surface area (Å²) < 4.78 is 4.43. The van der Waals surface area contributed by atoms with Crippen molar-refractivity contribution in [3.63, 3.8) is 0 Å². The minimum absolute atomic E-state index is 0.0155. The van der Waals surface area contributed by atoms with Crippen molar-refractivity contribution >= 4 is 12.2 Å². The average molecular weight is 171 g/mol. The summed E-state index contributed by atoms with van der Waals surface area (Å²) in [5, 5.41) is 4.16. The largest absolute Gasteiger partial charge is 0.310 e. The molecule has 0 aliphatic heterocycles. The standard InChI is InChI=1S/C7H13N3S/c1-7(2,3)10-6(11)9(4)5-8-10/h5H,1-4H3. The van der Waals surface area contributed by atoms with E-state index in [9.17, 15) is 0 Å². The minimum atomic E-state index is -0.0155. The first-order chi connectivity index (χ1) is 4.93. The molecule has 0 spiro atoms. The molecule has 0 aliphatic rings. The van der Waals surface area contributed by atoms with Crippen LogP contribution < -0.4 is 0 Å². The Hall–Kier alpha value is -0.640. The quantitative estimate of drug-likeness (QED) is 0.554. The number of hydrogen-bond donors (Lipinski definition) is 0. The SMILES string of the molecule is Cn1cnn(C(C)(C)C)c1=S. The molecule has 11 heavy (non-hydrogen) atoms. The predicted molar refractivity (Wildman–Crippen MR) is 47.0 cm³/mol. The Morgan fingerprint density at radius 3 is 2.18 bits per heavy atom. The lowest BCUT2D eigenvalue weighted by molar-refractivity contribution is 0.348. The van der Waals surface area contributed by atoms with Crippen LogP contribution in [0.5, 0.6) is 0 Å². The molecule has 4 heteroatoms. The Balaban J connectivity index is 3.27. The highest BCUT2D eigenvalue weighted by Gasteiger charge is 2.15. The lowest BCUT2D eigenvalue weighted by Gasteiger charge is -2.17. The fourth-order valence-electron chi connectivity index (χ4n) is 0.837. The highest BCUT2D eigenvalue weighted by atomic mass is 32.1. The first-order valence-electron chi connectivity index (χ1n) is 3.54. The van der Waals surface area contributed by atoms with Crippen LogP contribution in [0.4, 0.5) is 0 Å². The van der Waals surface area contributed by atoms with Crippen LogP contribution in [-0.4, -0.2) is 14.3 Å². The zero-order valence-electron chi connectivity index (χ0n) is 7.33. The fraction of sp³-hybridized carbons (Fsp3) is 0.714. The van der Waals surface area contributed by atoms with Gasteiger partial charge in [-0.3, -0.25) is 0 Å². The second-order valence-electron chi connectivity index (χ2n) is 3.61. The lowest BCUT2D eigenvalue weighted by Crippen LogP contribution is -2.23. The van der Waals surface area contributed by atoms with E-state index in [0.717, 1.165) is 4.77 Å². The minimum Gasteiger partial charge on any atom is -0.310 e. The molecular formula is C7H13N3S. The van der Waals surface area contributed by atoms with E-state index in [-0.39, 0.29) is 5.54 Å². The summed E-state index contributed by atoms with van der Waals surface area (Å²) in [7, 11) is 1.90. The van der Waals surface area contributed by atoms with Crippen molar-refractivity contribution in [2.24, 2.45) is 7.05 Å². The third-order valence-corrected chi connectivity index (χ3v) is 1.92. The van der Waals surface area contributed by atoms with Crippen molar-refractivity contribution in [2.75, 3.05) is 0 Å². The first-order valence-corrected chi connectivity index (χ1v) is 3.95. The van der Waals surface area contributed by atoms with E-state index < -0.39 is 0 Å². The molecule has 0 radical (unpaired) electrons. The first kappa shape index (κ1) is 8.46. The molecule has 0 saturated carbocycles. The smallest absolute Gasteiger partial charge is 0.197 e. The summed E-state index contributed by atoms with van der Waals surface area (Å²) in [4.78, 5) is 0. The van der Waals surface area contributed by atoms with Gasteiger partial charge in [0.15, 0.2) is 4.77 Å². The molecule has 1 rings (SSSR count). The summed E-state index contributed by atoms with van der Waals surface area (Å²) in [5.41, 5.74) is -0.0155. The van der Waals surface area contributed by atoms with E-state index in [1.54, 1.807) is 6.33 Å². The Morgan fingerprint density at radius 2 is 2.00 bits per heavy atom. The van der Waals surface area contributed by atoms with Gasteiger partial charge >= 0.3 is 0 Å². The van der Waals surface area contributed by atoms with Crippen LogP contribution in [0.25, 0.3) is 0 Å². The van der Waals surface area contributed by atoms with Crippen molar-refractivity contribution in [3.05, 3.63) is 11.1 Å². The highest BCUT2D eigenvalue weighted by Crippen LogP contribution is 2.11. The summed E-state index contributed by atoms with van der Waals surface area (Å²) >= 11 is 5.14. The molecule has 0 N–H and O–H groups in total. The van der Waals surface area contributed by atoms with Crippen molar-refractivity contribution in [3.8, 4) is 0 Å². The Morgan fingerprint density at radius 1 is 1.45 bits per heavy atom. The second-order valence-corrected chi connectivity index (χ2v) is 3.97. The van der Waals surface area contributed by atoms with Gasteiger partial charge in [0.2, 0.25) is 0 Å². The molecule has 0 saturated heterocycles. The molecule has 1 heterocycles. The van der Waals surface area contributed by atoms with Gasteiger partial charge in [-0.2, -0.15) is 5.10 Å². The third-order valence-electron chi connectivity index (χ3n) is 1.46. The van der Waals surface area contributed by atoms with Gasteiger partial charge in [-0.1, -0.05) is 0 Å². The molecule has 0 bridgehead atoms. The normalized spacial score (nSPS) is 12.0. The van der Waals surface area contributed by atoms with Crippen LogP contribution in [0, 0.1) is 4.77 Å². The molecule has 0 aliphatic carbocycles. The summed E-state index contributed by atoms with van der Waals surface area (Å²) in [6.07, 6.45) is 1.73. The molecule has 62 valence electrons. The monoisotopic (exact) mass is 171 g/mol. The molecule has 1 aromatic heterocycles. The highest BCUT2D eigenvalue weighted by molar-refractivity contribution is 7.71. The van der Waals surface area contributed by atoms with Gasteiger partial charge < -0.3 is 4.57 Å². The molecule has 0 unspecified atom stereocenters. The maximum absolute atomic E-state index is 5.14. The van der Waals surface area contributed by atoms with Crippen LogP contribution in [0.1, 0.15) is 20.8 Å². The van der Waals surface area contributed by atoms with Crippen molar-refractivity contribution in [1.82, 2.24) is 14.3 Å². The van der Waals surface area contributed by atoms with Crippen molar-refractivity contribution in [1.29, 1.82) is 0 Å². The lowest BCUT2D eigenvalue weighted by atomic mass is 10.1. The van der Waals surface area contributed by atoms with Gasteiger partial charge in [0.1, 0.15) is 6.33 Å². The third kappa shape index (κ3) is 1.50. The summed E-state index contributed by atoms with van der Waals surface area (Å²) in [6.45, 7) is 6.24. The van der Waals surface area contributed by atoms with Crippen molar-refractivity contribution in [2.45, 2.75) is 26.3 Å². The van der Waals surface area contributed by atoms with Crippen LogP contribution in [0.2, 0.25) is 0 Å². The Bertz CT molecular complexity index is 302. The topological polar surface area (TPSA) is 22.8 Å². The number of aromatic nitrogens is 3. The number of nitrogens with zero attached hydrogens (tertiary/aromatic N) is 3. The molecule has 0 amide bonds. The molecular weight excluding hydrogens is 158 g/mol. The van der Waals surface area contributed by atoms with Crippen LogP contribution in [0.15, 0.2) is 6.33 Å². The fourth-order valence-corrected chi connectivity index (χ4v) is 1.21. The van der Waals surface area contributed by atoms with E-state index in [4.69, 9.17) is 12.2 Å². The van der Waals surface area contributed by atoms with Crippen LogP contribution >= 0.6 is 12.2 Å². The van der Waals surface area contributed by atoms with Gasteiger partial charge in [0.25, 0.3) is 0 Å². The van der Waals surface area contributed by atoms with E-state index in [1.165, 1.54) is 0 Å². The Kier molecular flexibility index (Phi) is 1.88.